The summed E-state index contributed by atoms with van der Waals surface area (Å²) in [6.07, 6.45) is 1.47. The van der Waals surface area contributed by atoms with E-state index in [1.807, 2.05) is 0 Å². The van der Waals surface area contributed by atoms with Crippen molar-refractivity contribution >= 4 is 0 Å². The maximum absolute atomic E-state index is 2.69. The maximum Gasteiger partial charge on any atom is 0.0125 e. The molecule has 1 saturated heterocycles. The van der Waals surface area contributed by atoms with Crippen LogP contribution in [0.25, 0.3) is 0 Å². The van der Waals surface area contributed by atoms with Crippen molar-refractivity contribution in [1.82, 2.24) is 4.90 Å². The monoisotopic (exact) mass is 209 g/mol. The maximum atomic E-state index is 2.69. The van der Waals surface area contributed by atoms with Crippen molar-refractivity contribution in [2.75, 3.05) is 13.1 Å². The van der Waals surface area contributed by atoms with Crippen LogP contribution in [-0.4, -0.2) is 23.5 Å². The second kappa shape index (κ2) is 3.23. The summed E-state index contributed by atoms with van der Waals surface area (Å²) >= 11 is 0. The molecule has 15 heavy (non-hydrogen) atoms. The van der Waals surface area contributed by atoms with Gasteiger partial charge in [0, 0.05) is 18.6 Å². The molecule has 3 atom stereocenters. The molecule has 1 heteroatoms. The van der Waals surface area contributed by atoms with Gasteiger partial charge in [0.15, 0.2) is 0 Å². The number of rotatable bonds is 0. The Bertz CT molecular complexity index is 231. The molecule has 88 valence electrons. The van der Waals surface area contributed by atoms with Gasteiger partial charge in [-0.1, -0.05) is 20.8 Å². The van der Waals surface area contributed by atoms with Gasteiger partial charge in [-0.05, 0) is 50.4 Å². The minimum absolute atomic E-state index is 0.375. The van der Waals surface area contributed by atoms with Gasteiger partial charge >= 0.3 is 0 Å². The van der Waals surface area contributed by atoms with Gasteiger partial charge in [-0.15, -0.1) is 0 Å². The Labute approximate surface area is 95.2 Å². The zero-order valence-corrected chi connectivity index (χ0v) is 11.3. The number of hydrogen-bond donors (Lipinski definition) is 0. The molecule has 0 aromatic carbocycles. The average Bonchev–Trinajstić information content (AvgIpc) is 2.24. The molecule has 2 rings (SSSR count). The molecule has 2 fully saturated rings. The van der Waals surface area contributed by atoms with Crippen LogP contribution in [0.1, 0.15) is 48.0 Å². The third-order valence-corrected chi connectivity index (χ3v) is 4.63. The van der Waals surface area contributed by atoms with E-state index >= 15 is 0 Å². The fourth-order valence-corrected chi connectivity index (χ4v) is 3.45. The lowest BCUT2D eigenvalue weighted by Crippen LogP contribution is -2.43. The predicted octanol–water partition coefficient (Wildman–Crippen LogP) is 3.40. The van der Waals surface area contributed by atoms with E-state index < -0.39 is 0 Å². The lowest BCUT2D eigenvalue weighted by atomic mass is 9.57. The highest BCUT2D eigenvalue weighted by Crippen LogP contribution is 2.54. The lowest BCUT2D eigenvalue weighted by Gasteiger charge is -2.47. The van der Waals surface area contributed by atoms with E-state index in [9.17, 15) is 0 Å². The molecule has 1 nitrogen and oxygen atoms in total. The van der Waals surface area contributed by atoms with Crippen molar-refractivity contribution in [1.29, 1.82) is 0 Å². The molecule has 0 aromatic heterocycles. The standard InChI is InChI=1S/C14H27N/c1-13(2,3)12-7-10-8-15(9-11(10)12)14(4,5)6/h10-12H,7-9H2,1-6H3. The van der Waals surface area contributed by atoms with Crippen LogP contribution in [0.2, 0.25) is 0 Å². The van der Waals surface area contributed by atoms with Gasteiger partial charge in [-0.2, -0.15) is 0 Å². The van der Waals surface area contributed by atoms with Gasteiger partial charge in [-0.3, -0.25) is 4.90 Å². The molecule has 1 saturated carbocycles. The SMILES string of the molecule is CC(C)(C)C1CC2CN(C(C)(C)C)CC21. The van der Waals surface area contributed by atoms with Gasteiger partial charge in [0.2, 0.25) is 0 Å². The molecule has 1 aliphatic carbocycles. The van der Waals surface area contributed by atoms with Crippen molar-refractivity contribution in [3.63, 3.8) is 0 Å². The van der Waals surface area contributed by atoms with E-state index in [4.69, 9.17) is 0 Å². The Balaban J connectivity index is 2.00. The van der Waals surface area contributed by atoms with Crippen LogP contribution in [0.3, 0.4) is 0 Å². The summed E-state index contributed by atoms with van der Waals surface area (Å²) in [5.74, 6) is 2.97. The van der Waals surface area contributed by atoms with Crippen LogP contribution >= 0.6 is 0 Å². The molecule has 1 aliphatic heterocycles. The molecule has 0 aromatic rings. The normalized spacial score (nSPS) is 37.6. The highest BCUT2D eigenvalue weighted by molar-refractivity contribution is 5.03. The van der Waals surface area contributed by atoms with Gasteiger partial charge in [0.25, 0.3) is 0 Å². The fourth-order valence-electron chi connectivity index (χ4n) is 3.45. The van der Waals surface area contributed by atoms with Crippen LogP contribution in [0.4, 0.5) is 0 Å². The van der Waals surface area contributed by atoms with Crippen LogP contribution < -0.4 is 0 Å². The van der Waals surface area contributed by atoms with Crippen molar-refractivity contribution in [2.45, 2.75) is 53.5 Å². The highest BCUT2D eigenvalue weighted by atomic mass is 15.2. The number of fused-ring (bicyclic) bond motifs is 1. The molecule has 0 spiro atoms. The van der Waals surface area contributed by atoms with E-state index in [0.717, 1.165) is 17.8 Å². The molecule has 0 amide bonds. The zero-order chi connectivity index (χ0) is 11.4. The van der Waals surface area contributed by atoms with Crippen LogP contribution in [0.5, 0.6) is 0 Å². The quantitative estimate of drug-likeness (QED) is 0.591. The third kappa shape index (κ3) is 1.95. The second-order valence-electron chi connectivity index (χ2n) is 7.71. The fraction of sp³-hybridized carbons (Fsp3) is 1.00. The Morgan fingerprint density at radius 2 is 1.53 bits per heavy atom. The van der Waals surface area contributed by atoms with E-state index in [-0.39, 0.29) is 0 Å². The molecule has 0 N–H and O–H groups in total. The molecular formula is C14H27N. The number of likely N-dealkylation sites (tertiary alicyclic amines) is 1. The Hall–Kier alpha value is -0.0400. The molecule has 0 radical (unpaired) electrons. The first-order chi connectivity index (χ1) is 6.69. The van der Waals surface area contributed by atoms with Gasteiger partial charge in [0.1, 0.15) is 0 Å². The smallest absolute Gasteiger partial charge is 0.0125 e. The van der Waals surface area contributed by atoms with Crippen LogP contribution in [-0.2, 0) is 0 Å². The van der Waals surface area contributed by atoms with Gasteiger partial charge in [-0.25, -0.2) is 0 Å². The predicted molar refractivity (Wildman–Crippen MR) is 65.9 cm³/mol. The molecule has 3 unspecified atom stereocenters. The van der Waals surface area contributed by atoms with Crippen LogP contribution in [0, 0.1) is 23.2 Å². The largest absolute Gasteiger partial charge is 0.298 e. The first-order valence-corrected chi connectivity index (χ1v) is 6.44. The van der Waals surface area contributed by atoms with E-state index in [1.165, 1.54) is 19.5 Å². The summed E-state index contributed by atoms with van der Waals surface area (Å²) in [4.78, 5) is 2.69. The minimum Gasteiger partial charge on any atom is -0.298 e. The molecule has 1 heterocycles. The zero-order valence-electron chi connectivity index (χ0n) is 11.3. The summed E-state index contributed by atoms with van der Waals surface area (Å²) in [5.41, 5.74) is 0.898. The van der Waals surface area contributed by atoms with E-state index in [2.05, 4.69) is 46.4 Å². The lowest BCUT2D eigenvalue weighted by molar-refractivity contribution is 0.0217. The summed E-state index contributed by atoms with van der Waals surface area (Å²) in [6, 6.07) is 0. The summed E-state index contributed by atoms with van der Waals surface area (Å²) in [7, 11) is 0. The molecule has 0 bridgehead atoms. The number of hydrogen-bond acceptors (Lipinski definition) is 1. The Morgan fingerprint density at radius 1 is 0.933 bits per heavy atom. The molecule has 2 aliphatic rings. The minimum atomic E-state index is 0.375. The summed E-state index contributed by atoms with van der Waals surface area (Å²) in [6.45, 7) is 17.0. The first-order valence-electron chi connectivity index (χ1n) is 6.44. The highest BCUT2D eigenvalue weighted by Gasteiger charge is 2.52. The first kappa shape index (κ1) is 11.4. The van der Waals surface area contributed by atoms with Gasteiger partial charge in [0.05, 0.1) is 0 Å². The third-order valence-electron chi connectivity index (χ3n) is 4.63. The summed E-state index contributed by atoms with van der Waals surface area (Å²) < 4.78 is 0. The molecular weight excluding hydrogens is 182 g/mol. The van der Waals surface area contributed by atoms with Crippen molar-refractivity contribution in [3.8, 4) is 0 Å². The van der Waals surface area contributed by atoms with E-state index in [1.54, 1.807) is 0 Å². The van der Waals surface area contributed by atoms with Crippen molar-refractivity contribution in [3.05, 3.63) is 0 Å². The number of nitrogens with zero attached hydrogens (tertiary/aromatic N) is 1. The average molecular weight is 209 g/mol. The van der Waals surface area contributed by atoms with E-state index in [0.29, 0.717) is 11.0 Å². The van der Waals surface area contributed by atoms with Crippen LogP contribution in [0.15, 0.2) is 0 Å². The Kier molecular flexibility index (Phi) is 2.46. The van der Waals surface area contributed by atoms with Crippen molar-refractivity contribution in [2.24, 2.45) is 23.2 Å². The van der Waals surface area contributed by atoms with Gasteiger partial charge < -0.3 is 0 Å². The second-order valence-corrected chi connectivity index (χ2v) is 7.71. The van der Waals surface area contributed by atoms with Crippen molar-refractivity contribution < 1.29 is 0 Å². The Morgan fingerprint density at radius 3 is 2.00 bits per heavy atom. The topological polar surface area (TPSA) is 3.24 Å². The summed E-state index contributed by atoms with van der Waals surface area (Å²) in [5, 5.41) is 0.